The Kier molecular flexibility index (Phi) is 5.68. The van der Waals surface area contributed by atoms with E-state index in [1.807, 2.05) is 4.90 Å². The maximum atomic E-state index is 12.4. The molecule has 4 aliphatic rings. The van der Waals surface area contributed by atoms with Gasteiger partial charge in [0.05, 0.1) is 6.10 Å². The van der Waals surface area contributed by atoms with Gasteiger partial charge in [0, 0.05) is 43.9 Å². The molecule has 0 unspecified atom stereocenters. The topological polar surface area (TPSA) is 70.6 Å². The molecule has 1 atom stereocenters. The van der Waals surface area contributed by atoms with Crippen molar-refractivity contribution in [3.63, 3.8) is 0 Å². The fourth-order valence-corrected chi connectivity index (χ4v) is 4.60. The highest BCUT2D eigenvalue weighted by atomic mass is 16.5. The van der Waals surface area contributed by atoms with Gasteiger partial charge in [-0.2, -0.15) is 0 Å². The average molecular weight is 400 g/mol. The molecule has 0 bridgehead atoms. The summed E-state index contributed by atoms with van der Waals surface area (Å²) in [6.07, 6.45) is 9.40. The quantitative estimate of drug-likeness (QED) is 0.722. The second-order valence-electron chi connectivity index (χ2n) is 9.40. The van der Waals surface area contributed by atoms with Crippen LogP contribution in [-0.2, 0) is 9.53 Å². The summed E-state index contributed by atoms with van der Waals surface area (Å²) in [6.45, 7) is 6.12. The van der Waals surface area contributed by atoms with E-state index >= 15 is 0 Å². The summed E-state index contributed by atoms with van der Waals surface area (Å²) in [6, 6.07) is 2.05. The molecule has 2 aliphatic heterocycles. The number of likely N-dealkylation sites (tertiary alicyclic amines) is 1. The molecule has 2 aliphatic carbocycles. The third kappa shape index (κ3) is 5.25. The number of hydrogen-bond donors (Lipinski definition) is 1. The van der Waals surface area contributed by atoms with Crippen molar-refractivity contribution in [2.24, 2.45) is 11.8 Å². The van der Waals surface area contributed by atoms with E-state index in [2.05, 4.69) is 26.3 Å². The Balaban J connectivity index is 1.08. The molecule has 2 saturated carbocycles. The summed E-state index contributed by atoms with van der Waals surface area (Å²) in [5, 5.41) is 3.39. The van der Waals surface area contributed by atoms with E-state index in [0.29, 0.717) is 24.9 Å². The van der Waals surface area contributed by atoms with E-state index in [9.17, 15) is 4.79 Å². The van der Waals surface area contributed by atoms with Crippen LogP contribution < -0.4 is 5.32 Å². The van der Waals surface area contributed by atoms with Crippen LogP contribution in [0.5, 0.6) is 0 Å². The Morgan fingerprint density at radius 2 is 1.83 bits per heavy atom. The van der Waals surface area contributed by atoms with Gasteiger partial charge in [0.1, 0.15) is 18.8 Å². The number of ether oxygens (including phenoxy) is 1. The maximum absolute atomic E-state index is 12.4. The highest BCUT2D eigenvalue weighted by Crippen LogP contribution is 2.39. The van der Waals surface area contributed by atoms with Gasteiger partial charge >= 0.3 is 0 Å². The molecule has 1 aromatic rings. The Labute approximate surface area is 173 Å². The number of aromatic nitrogens is 2. The minimum atomic E-state index is 0.0157. The van der Waals surface area contributed by atoms with E-state index in [4.69, 9.17) is 4.74 Å². The SMILES string of the molecule is O=C1CO[C@@H](CNc2cc(C3CC3)ncn2)CN1CC1CCN(CC2CC2)CC1. The monoisotopic (exact) mass is 399 g/mol. The summed E-state index contributed by atoms with van der Waals surface area (Å²) in [4.78, 5) is 25.7. The van der Waals surface area contributed by atoms with E-state index in [1.165, 1.54) is 58.2 Å². The van der Waals surface area contributed by atoms with Crippen LogP contribution in [0.2, 0.25) is 0 Å². The number of carbonyl (C=O) groups is 1. The Morgan fingerprint density at radius 1 is 1.03 bits per heavy atom. The molecule has 7 nitrogen and oxygen atoms in total. The molecule has 1 aromatic heterocycles. The first-order valence-corrected chi connectivity index (χ1v) is 11.4. The van der Waals surface area contributed by atoms with Crippen molar-refractivity contribution in [1.82, 2.24) is 19.8 Å². The molecule has 3 heterocycles. The maximum Gasteiger partial charge on any atom is 0.248 e. The zero-order valence-electron chi connectivity index (χ0n) is 17.3. The normalized spacial score (nSPS) is 26.7. The minimum Gasteiger partial charge on any atom is -0.367 e. The lowest BCUT2D eigenvalue weighted by molar-refractivity contribution is -0.149. The number of amides is 1. The van der Waals surface area contributed by atoms with Crippen LogP contribution in [-0.4, -0.2) is 77.7 Å². The van der Waals surface area contributed by atoms with Gasteiger partial charge in [-0.15, -0.1) is 0 Å². The minimum absolute atomic E-state index is 0.0157. The Bertz CT molecular complexity index is 713. The smallest absolute Gasteiger partial charge is 0.248 e. The van der Waals surface area contributed by atoms with Gasteiger partial charge in [0.2, 0.25) is 5.91 Å². The molecule has 1 amide bonds. The second-order valence-corrected chi connectivity index (χ2v) is 9.40. The van der Waals surface area contributed by atoms with Crippen molar-refractivity contribution in [1.29, 1.82) is 0 Å². The summed E-state index contributed by atoms with van der Waals surface area (Å²) in [7, 11) is 0. The van der Waals surface area contributed by atoms with Gasteiger partial charge in [0.25, 0.3) is 0 Å². The second kappa shape index (κ2) is 8.56. The van der Waals surface area contributed by atoms with Crippen LogP contribution in [0.3, 0.4) is 0 Å². The number of carbonyl (C=O) groups excluding carboxylic acids is 1. The van der Waals surface area contributed by atoms with Crippen molar-refractivity contribution in [2.45, 2.75) is 50.5 Å². The third-order valence-electron chi connectivity index (χ3n) is 6.81. The molecule has 4 fully saturated rings. The van der Waals surface area contributed by atoms with Crippen molar-refractivity contribution >= 4 is 11.7 Å². The van der Waals surface area contributed by atoms with E-state index < -0.39 is 0 Å². The molecule has 0 aromatic carbocycles. The number of nitrogens with one attached hydrogen (secondary N) is 1. The summed E-state index contributed by atoms with van der Waals surface area (Å²) < 4.78 is 5.78. The number of nitrogens with zero attached hydrogens (tertiary/aromatic N) is 4. The summed E-state index contributed by atoms with van der Waals surface area (Å²) in [5.74, 6) is 3.21. The van der Waals surface area contributed by atoms with Crippen molar-refractivity contribution < 1.29 is 9.53 Å². The van der Waals surface area contributed by atoms with Gasteiger partial charge in [0.15, 0.2) is 0 Å². The fourth-order valence-electron chi connectivity index (χ4n) is 4.60. The Hall–Kier alpha value is -1.73. The van der Waals surface area contributed by atoms with E-state index in [0.717, 1.165) is 24.0 Å². The van der Waals surface area contributed by atoms with Gasteiger partial charge in [-0.1, -0.05) is 0 Å². The third-order valence-corrected chi connectivity index (χ3v) is 6.81. The van der Waals surface area contributed by atoms with Crippen LogP contribution in [0, 0.1) is 11.8 Å². The first kappa shape index (κ1) is 19.2. The number of rotatable bonds is 8. The van der Waals surface area contributed by atoms with Gasteiger partial charge in [-0.25, -0.2) is 9.97 Å². The number of hydrogen-bond acceptors (Lipinski definition) is 6. The van der Waals surface area contributed by atoms with Gasteiger partial charge in [-0.3, -0.25) is 4.79 Å². The molecule has 7 heteroatoms. The average Bonchev–Trinajstić information content (AvgIpc) is 3.65. The van der Waals surface area contributed by atoms with E-state index in [1.54, 1.807) is 6.33 Å². The van der Waals surface area contributed by atoms with Crippen molar-refractivity contribution in [3.8, 4) is 0 Å². The molecular weight excluding hydrogens is 366 g/mol. The molecule has 0 spiro atoms. The highest BCUT2D eigenvalue weighted by molar-refractivity contribution is 5.78. The van der Waals surface area contributed by atoms with Crippen molar-refractivity contribution in [2.75, 3.05) is 51.2 Å². The lowest BCUT2D eigenvalue weighted by Crippen LogP contribution is -2.51. The van der Waals surface area contributed by atoms with Crippen LogP contribution in [0.1, 0.15) is 50.1 Å². The largest absolute Gasteiger partial charge is 0.367 e. The molecule has 1 N–H and O–H groups in total. The van der Waals surface area contributed by atoms with Gasteiger partial charge < -0.3 is 19.9 Å². The predicted molar refractivity (Wildman–Crippen MR) is 111 cm³/mol. The zero-order valence-corrected chi connectivity index (χ0v) is 17.3. The molecular formula is C22H33N5O2. The molecule has 158 valence electrons. The molecule has 0 radical (unpaired) electrons. The zero-order chi connectivity index (χ0) is 19.6. The van der Waals surface area contributed by atoms with Crippen LogP contribution in [0.25, 0.3) is 0 Å². The molecule has 2 saturated heterocycles. The predicted octanol–water partition coefficient (Wildman–Crippen LogP) is 2.12. The fraction of sp³-hybridized carbons (Fsp3) is 0.773. The molecule has 5 rings (SSSR count). The van der Waals surface area contributed by atoms with Crippen LogP contribution in [0.4, 0.5) is 5.82 Å². The lowest BCUT2D eigenvalue weighted by atomic mass is 9.95. The lowest BCUT2D eigenvalue weighted by Gasteiger charge is -2.38. The number of piperidine rings is 1. The van der Waals surface area contributed by atoms with Crippen molar-refractivity contribution in [3.05, 3.63) is 18.1 Å². The number of anilines is 1. The van der Waals surface area contributed by atoms with E-state index in [-0.39, 0.29) is 18.6 Å². The Morgan fingerprint density at radius 3 is 2.59 bits per heavy atom. The highest BCUT2D eigenvalue weighted by Gasteiger charge is 2.31. The first-order valence-electron chi connectivity index (χ1n) is 11.4. The standard InChI is InChI=1S/C22H33N5O2/c28-22-14-29-19(10-23-21-9-20(18-3-4-18)24-15-25-21)13-27(22)12-17-5-7-26(8-6-17)11-16-1-2-16/h9,15-19H,1-8,10-14H2,(H,23,24,25)/t19-/m0/s1. The summed E-state index contributed by atoms with van der Waals surface area (Å²) in [5.41, 5.74) is 1.14. The number of morpholine rings is 1. The summed E-state index contributed by atoms with van der Waals surface area (Å²) >= 11 is 0. The molecule has 29 heavy (non-hydrogen) atoms. The van der Waals surface area contributed by atoms with Crippen LogP contribution in [0.15, 0.2) is 12.4 Å². The van der Waals surface area contributed by atoms with Crippen LogP contribution >= 0.6 is 0 Å². The first-order chi connectivity index (χ1) is 14.2. The van der Waals surface area contributed by atoms with Gasteiger partial charge in [-0.05, 0) is 63.5 Å².